The van der Waals surface area contributed by atoms with E-state index in [9.17, 15) is 0 Å². The summed E-state index contributed by atoms with van der Waals surface area (Å²) >= 11 is 3.18. The van der Waals surface area contributed by atoms with Crippen LogP contribution in [0, 0.1) is 0 Å². The van der Waals surface area contributed by atoms with Crippen LogP contribution < -0.4 is 5.32 Å². The fourth-order valence-electron chi connectivity index (χ4n) is 1.60. The SMILES string of the molecule is OCCCNc1nn2cc(-c3ccsc3)nc2s1. The number of nitrogens with zero attached hydrogens (tertiary/aromatic N) is 3. The summed E-state index contributed by atoms with van der Waals surface area (Å²) in [6.45, 7) is 0.919. The summed E-state index contributed by atoms with van der Waals surface area (Å²) in [5.41, 5.74) is 2.09. The lowest BCUT2D eigenvalue weighted by Gasteiger charge is -1.97. The van der Waals surface area contributed by atoms with Gasteiger partial charge in [-0.3, -0.25) is 0 Å². The van der Waals surface area contributed by atoms with E-state index in [0.717, 1.165) is 34.3 Å². The number of imidazole rings is 1. The molecular formula is C11H12N4OS2. The summed E-state index contributed by atoms with van der Waals surface area (Å²) in [4.78, 5) is 5.42. The minimum Gasteiger partial charge on any atom is -0.396 e. The highest BCUT2D eigenvalue weighted by molar-refractivity contribution is 7.20. The number of rotatable bonds is 5. The molecule has 0 saturated carbocycles. The Morgan fingerprint density at radius 1 is 1.44 bits per heavy atom. The van der Waals surface area contributed by atoms with Gasteiger partial charge in [0.2, 0.25) is 10.1 Å². The second-order valence-electron chi connectivity index (χ2n) is 3.78. The van der Waals surface area contributed by atoms with Crippen LogP contribution in [-0.4, -0.2) is 32.9 Å². The van der Waals surface area contributed by atoms with Crippen molar-refractivity contribution in [1.82, 2.24) is 14.6 Å². The number of anilines is 1. The van der Waals surface area contributed by atoms with Crippen LogP contribution in [0.1, 0.15) is 6.42 Å². The number of nitrogens with one attached hydrogen (secondary N) is 1. The molecule has 0 bridgehead atoms. The minimum absolute atomic E-state index is 0.192. The van der Waals surface area contributed by atoms with E-state index in [2.05, 4.69) is 26.8 Å². The molecule has 0 unspecified atom stereocenters. The minimum atomic E-state index is 0.192. The highest BCUT2D eigenvalue weighted by Crippen LogP contribution is 2.25. The van der Waals surface area contributed by atoms with Crippen molar-refractivity contribution < 1.29 is 5.11 Å². The second kappa shape index (κ2) is 5.05. The Labute approximate surface area is 112 Å². The molecule has 94 valence electrons. The maximum Gasteiger partial charge on any atom is 0.214 e. The summed E-state index contributed by atoms with van der Waals surface area (Å²) in [6, 6.07) is 2.05. The maximum absolute atomic E-state index is 8.71. The third kappa shape index (κ3) is 2.24. The van der Waals surface area contributed by atoms with Crippen LogP contribution in [-0.2, 0) is 0 Å². The van der Waals surface area contributed by atoms with Gasteiger partial charge in [-0.1, -0.05) is 11.3 Å². The van der Waals surface area contributed by atoms with Crippen molar-refractivity contribution in [2.75, 3.05) is 18.5 Å². The van der Waals surface area contributed by atoms with Gasteiger partial charge in [0.15, 0.2) is 0 Å². The molecule has 18 heavy (non-hydrogen) atoms. The van der Waals surface area contributed by atoms with Crippen LogP contribution in [0.15, 0.2) is 23.0 Å². The van der Waals surface area contributed by atoms with Crippen LogP contribution in [0.2, 0.25) is 0 Å². The Morgan fingerprint density at radius 3 is 3.11 bits per heavy atom. The predicted molar refractivity (Wildman–Crippen MR) is 74.4 cm³/mol. The Balaban J connectivity index is 1.81. The van der Waals surface area contributed by atoms with Gasteiger partial charge in [-0.15, -0.1) is 5.10 Å². The Hall–Kier alpha value is -1.44. The number of hydrogen-bond acceptors (Lipinski definition) is 6. The standard InChI is InChI=1S/C11H12N4OS2/c16-4-1-3-12-10-14-15-6-9(13-11(15)18-10)8-2-5-17-7-8/h2,5-7,16H,1,3-4H2,(H,12,14). The molecule has 0 radical (unpaired) electrons. The van der Waals surface area contributed by atoms with Crippen molar-refractivity contribution in [3.05, 3.63) is 23.0 Å². The number of aliphatic hydroxyl groups excluding tert-OH is 1. The van der Waals surface area contributed by atoms with E-state index in [1.807, 2.05) is 11.6 Å². The molecule has 0 aliphatic carbocycles. The number of aromatic nitrogens is 3. The molecule has 0 aliphatic rings. The van der Waals surface area contributed by atoms with Gasteiger partial charge in [0, 0.05) is 24.1 Å². The third-order valence-electron chi connectivity index (χ3n) is 2.47. The normalized spacial score (nSPS) is 11.2. The Kier molecular flexibility index (Phi) is 3.26. The van der Waals surface area contributed by atoms with E-state index in [4.69, 9.17) is 5.11 Å². The summed E-state index contributed by atoms with van der Waals surface area (Å²) in [6.07, 6.45) is 2.66. The second-order valence-corrected chi connectivity index (χ2v) is 5.51. The van der Waals surface area contributed by atoms with Gasteiger partial charge in [-0.25, -0.2) is 9.50 Å². The molecule has 0 fully saturated rings. The monoisotopic (exact) mass is 280 g/mol. The van der Waals surface area contributed by atoms with Crippen LogP contribution in [0.4, 0.5) is 5.13 Å². The fraction of sp³-hybridized carbons (Fsp3) is 0.273. The zero-order valence-corrected chi connectivity index (χ0v) is 11.2. The van der Waals surface area contributed by atoms with Gasteiger partial charge >= 0.3 is 0 Å². The molecule has 3 rings (SSSR count). The molecular weight excluding hydrogens is 268 g/mol. The van der Waals surface area contributed by atoms with Gasteiger partial charge in [-0.05, 0) is 17.9 Å². The van der Waals surface area contributed by atoms with Crippen LogP contribution in [0.3, 0.4) is 0 Å². The smallest absolute Gasteiger partial charge is 0.214 e. The lowest BCUT2D eigenvalue weighted by atomic mass is 10.3. The lowest BCUT2D eigenvalue weighted by molar-refractivity contribution is 0.292. The molecule has 0 aliphatic heterocycles. The number of fused-ring (bicyclic) bond motifs is 1. The highest BCUT2D eigenvalue weighted by Gasteiger charge is 2.09. The maximum atomic E-state index is 8.71. The van der Waals surface area contributed by atoms with Crippen LogP contribution in [0.25, 0.3) is 16.2 Å². The molecule has 0 saturated heterocycles. The van der Waals surface area contributed by atoms with E-state index in [-0.39, 0.29) is 6.61 Å². The first-order valence-electron chi connectivity index (χ1n) is 5.60. The summed E-state index contributed by atoms with van der Waals surface area (Å²) < 4.78 is 1.79. The van der Waals surface area contributed by atoms with Crippen molar-refractivity contribution in [2.45, 2.75) is 6.42 Å². The van der Waals surface area contributed by atoms with Crippen LogP contribution >= 0.6 is 22.7 Å². The van der Waals surface area contributed by atoms with Crippen molar-refractivity contribution in [3.8, 4) is 11.3 Å². The average Bonchev–Trinajstić information content (AvgIpc) is 3.03. The number of hydrogen-bond donors (Lipinski definition) is 2. The first-order chi connectivity index (χ1) is 8.86. The lowest BCUT2D eigenvalue weighted by Crippen LogP contribution is -2.03. The Morgan fingerprint density at radius 2 is 2.39 bits per heavy atom. The number of thiophene rings is 1. The molecule has 0 amide bonds. The van der Waals surface area contributed by atoms with Crippen molar-refractivity contribution in [2.24, 2.45) is 0 Å². The fourth-order valence-corrected chi connectivity index (χ4v) is 3.05. The third-order valence-corrected chi connectivity index (χ3v) is 4.03. The zero-order valence-electron chi connectivity index (χ0n) is 9.54. The quantitative estimate of drug-likeness (QED) is 0.704. The highest BCUT2D eigenvalue weighted by atomic mass is 32.1. The topological polar surface area (TPSA) is 62.5 Å². The summed E-state index contributed by atoms with van der Waals surface area (Å²) in [5.74, 6) is 0. The van der Waals surface area contributed by atoms with E-state index in [1.165, 1.54) is 11.3 Å². The molecule has 7 heteroatoms. The summed E-state index contributed by atoms with van der Waals surface area (Å²) in [7, 11) is 0. The molecule has 0 aromatic carbocycles. The van der Waals surface area contributed by atoms with Crippen molar-refractivity contribution in [1.29, 1.82) is 0 Å². The van der Waals surface area contributed by atoms with Gasteiger partial charge in [0.05, 0.1) is 11.9 Å². The van der Waals surface area contributed by atoms with E-state index in [1.54, 1.807) is 15.9 Å². The zero-order chi connectivity index (χ0) is 12.4. The largest absolute Gasteiger partial charge is 0.396 e. The van der Waals surface area contributed by atoms with E-state index < -0.39 is 0 Å². The van der Waals surface area contributed by atoms with Crippen molar-refractivity contribution in [3.63, 3.8) is 0 Å². The van der Waals surface area contributed by atoms with Gasteiger partial charge in [0.25, 0.3) is 0 Å². The van der Waals surface area contributed by atoms with E-state index in [0.29, 0.717) is 0 Å². The first-order valence-corrected chi connectivity index (χ1v) is 7.36. The predicted octanol–water partition coefficient (Wildman–Crippen LogP) is 2.31. The summed E-state index contributed by atoms with van der Waals surface area (Å²) in [5, 5.41) is 21.2. The van der Waals surface area contributed by atoms with Gasteiger partial charge < -0.3 is 10.4 Å². The van der Waals surface area contributed by atoms with Gasteiger partial charge in [-0.2, -0.15) is 11.3 Å². The van der Waals surface area contributed by atoms with Crippen molar-refractivity contribution >= 4 is 32.8 Å². The molecule has 0 spiro atoms. The Bertz CT molecular complexity index is 597. The van der Waals surface area contributed by atoms with Crippen LogP contribution in [0.5, 0.6) is 0 Å². The molecule has 5 nitrogen and oxygen atoms in total. The molecule has 3 aromatic heterocycles. The molecule has 3 aromatic rings. The van der Waals surface area contributed by atoms with Gasteiger partial charge in [0.1, 0.15) is 0 Å². The molecule has 3 heterocycles. The molecule has 0 atom stereocenters. The van der Waals surface area contributed by atoms with E-state index >= 15 is 0 Å². The first kappa shape index (κ1) is 11.6. The molecule has 2 N–H and O–H groups in total. The average molecular weight is 280 g/mol. The number of aliphatic hydroxyl groups is 1.